The van der Waals surface area contributed by atoms with Crippen molar-refractivity contribution in [2.75, 3.05) is 14.2 Å². The topological polar surface area (TPSA) is 34.4 Å². The van der Waals surface area contributed by atoms with Gasteiger partial charge in [0.05, 0.1) is 6.04 Å². The molecule has 2 atom stereocenters. The molecule has 0 aromatic carbocycles. The van der Waals surface area contributed by atoms with Crippen molar-refractivity contribution in [3.05, 3.63) is 23.7 Å². The zero-order valence-electron chi connectivity index (χ0n) is 10.7. The normalized spacial score (nSPS) is 15.0. The summed E-state index contributed by atoms with van der Waals surface area (Å²) >= 11 is 0. The first-order valence-electron chi connectivity index (χ1n) is 5.96. The van der Waals surface area contributed by atoms with Gasteiger partial charge in [0.25, 0.3) is 0 Å². The van der Waals surface area contributed by atoms with Crippen LogP contribution in [0.4, 0.5) is 0 Å². The van der Waals surface area contributed by atoms with Crippen LogP contribution >= 0.6 is 0 Å². The minimum absolute atomic E-state index is 0.306. The molecule has 0 aliphatic rings. The molecule has 0 fully saturated rings. The fourth-order valence-corrected chi connectivity index (χ4v) is 1.75. The lowest BCUT2D eigenvalue weighted by Crippen LogP contribution is -2.18. The summed E-state index contributed by atoms with van der Waals surface area (Å²) in [6.07, 6.45) is 2.30. The van der Waals surface area contributed by atoms with Crippen molar-refractivity contribution in [2.45, 2.75) is 39.3 Å². The molecule has 0 aliphatic heterocycles. The van der Waals surface area contributed by atoms with Gasteiger partial charge in [0.1, 0.15) is 18.1 Å². The van der Waals surface area contributed by atoms with Gasteiger partial charge >= 0.3 is 0 Å². The summed E-state index contributed by atoms with van der Waals surface area (Å²) in [6.45, 7) is 5.03. The molecule has 0 spiro atoms. The van der Waals surface area contributed by atoms with Gasteiger partial charge in [0, 0.05) is 7.11 Å². The van der Waals surface area contributed by atoms with Crippen LogP contribution in [-0.4, -0.2) is 14.2 Å². The van der Waals surface area contributed by atoms with Gasteiger partial charge in [0.15, 0.2) is 0 Å². The highest BCUT2D eigenvalue weighted by Crippen LogP contribution is 2.24. The number of hydrogen-bond donors (Lipinski definition) is 1. The molecule has 1 aromatic rings. The van der Waals surface area contributed by atoms with Crippen LogP contribution in [0.5, 0.6) is 0 Å². The van der Waals surface area contributed by atoms with Gasteiger partial charge in [0.2, 0.25) is 0 Å². The summed E-state index contributed by atoms with van der Waals surface area (Å²) < 4.78 is 10.8. The third-order valence-electron chi connectivity index (χ3n) is 3.00. The molecule has 0 radical (unpaired) electrons. The van der Waals surface area contributed by atoms with Gasteiger partial charge in [-0.1, -0.05) is 20.3 Å². The Balaban J connectivity index is 2.63. The molecule has 2 unspecified atom stereocenters. The van der Waals surface area contributed by atoms with Crippen LogP contribution in [0.1, 0.15) is 44.3 Å². The average molecular weight is 225 g/mol. The summed E-state index contributed by atoms with van der Waals surface area (Å²) in [7, 11) is 3.66. The van der Waals surface area contributed by atoms with Gasteiger partial charge in [-0.3, -0.25) is 0 Å². The van der Waals surface area contributed by atoms with Crippen molar-refractivity contribution in [3.63, 3.8) is 0 Å². The predicted molar refractivity (Wildman–Crippen MR) is 65.3 cm³/mol. The quantitative estimate of drug-likeness (QED) is 0.774. The van der Waals surface area contributed by atoms with Gasteiger partial charge in [-0.15, -0.1) is 0 Å². The van der Waals surface area contributed by atoms with Crippen molar-refractivity contribution >= 4 is 0 Å². The number of ether oxygens (including phenoxy) is 1. The molecule has 92 valence electrons. The second-order valence-corrected chi connectivity index (χ2v) is 4.33. The van der Waals surface area contributed by atoms with E-state index >= 15 is 0 Å². The van der Waals surface area contributed by atoms with Crippen molar-refractivity contribution in [3.8, 4) is 0 Å². The number of methoxy groups -OCH3 is 1. The molecule has 1 aromatic heterocycles. The zero-order chi connectivity index (χ0) is 12.0. The highest BCUT2D eigenvalue weighted by Gasteiger charge is 2.16. The highest BCUT2D eigenvalue weighted by atomic mass is 16.5. The largest absolute Gasteiger partial charge is 0.462 e. The molecular formula is C13H23NO2. The van der Waals surface area contributed by atoms with Crippen molar-refractivity contribution in [1.29, 1.82) is 0 Å². The van der Waals surface area contributed by atoms with Gasteiger partial charge < -0.3 is 14.5 Å². The minimum Gasteiger partial charge on any atom is -0.462 e. The second-order valence-electron chi connectivity index (χ2n) is 4.33. The summed E-state index contributed by atoms with van der Waals surface area (Å²) in [5.41, 5.74) is 0. The van der Waals surface area contributed by atoms with Gasteiger partial charge in [-0.25, -0.2) is 0 Å². The Morgan fingerprint density at radius 1 is 1.44 bits per heavy atom. The monoisotopic (exact) mass is 225 g/mol. The van der Waals surface area contributed by atoms with E-state index < -0.39 is 0 Å². The maximum absolute atomic E-state index is 5.73. The van der Waals surface area contributed by atoms with E-state index in [0.717, 1.165) is 17.9 Å². The number of hydrogen-bond acceptors (Lipinski definition) is 3. The van der Waals surface area contributed by atoms with Crippen LogP contribution in [0.25, 0.3) is 0 Å². The van der Waals surface area contributed by atoms with Crippen LogP contribution in [0.2, 0.25) is 0 Å². The Labute approximate surface area is 98.2 Å². The maximum atomic E-state index is 5.73. The Morgan fingerprint density at radius 3 is 2.75 bits per heavy atom. The lowest BCUT2D eigenvalue weighted by atomic mass is 9.98. The van der Waals surface area contributed by atoms with Crippen LogP contribution < -0.4 is 5.32 Å². The van der Waals surface area contributed by atoms with Gasteiger partial charge in [-0.2, -0.15) is 0 Å². The number of nitrogens with one attached hydrogen (secondary N) is 1. The summed E-state index contributed by atoms with van der Waals surface area (Å²) in [4.78, 5) is 0. The molecule has 1 rings (SSSR count). The van der Waals surface area contributed by atoms with E-state index in [4.69, 9.17) is 9.15 Å². The summed E-state index contributed by atoms with van der Waals surface area (Å²) in [5.74, 6) is 2.60. The van der Waals surface area contributed by atoms with E-state index in [0.29, 0.717) is 18.6 Å². The van der Waals surface area contributed by atoms with E-state index in [1.54, 1.807) is 7.11 Å². The summed E-state index contributed by atoms with van der Waals surface area (Å²) in [5, 5.41) is 3.30. The Morgan fingerprint density at radius 2 is 2.19 bits per heavy atom. The fourth-order valence-electron chi connectivity index (χ4n) is 1.75. The highest BCUT2D eigenvalue weighted by molar-refractivity contribution is 5.10. The first kappa shape index (κ1) is 13.3. The minimum atomic E-state index is 0.306. The SMILES string of the molecule is CCC(C)CC(NC)c1ccc(COC)o1. The Hall–Kier alpha value is -0.800. The van der Waals surface area contributed by atoms with E-state index in [9.17, 15) is 0 Å². The van der Waals surface area contributed by atoms with Gasteiger partial charge in [-0.05, 0) is 31.5 Å². The lowest BCUT2D eigenvalue weighted by molar-refractivity contribution is 0.161. The van der Waals surface area contributed by atoms with Crippen LogP contribution in [-0.2, 0) is 11.3 Å². The molecule has 0 saturated heterocycles. The van der Waals surface area contributed by atoms with E-state index in [-0.39, 0.29) is 0 Å². The first-order valence-corrected chi connectivity index (χ1v) is 5.96. The number of rotatable bonds is 7. The van der Waals surface area contributed by atoms with Crippen molar-refractivity contribution in [2.24, 2.45) is 5.92 Å². The Kier molecular flexibility index (Phi) is 5.56. The molecule has 3 heteroatoms. The smallest absolute Gasteiger partial charge is 0.129 e. The van der Waals surface area contributed by atoms with Crippen LogP contribution in [0.15, 0.2) is 16.5 Å². The molecular weight excluding hydrogens is 202 g/mol. The molecule has 0 aliphatic carbocycles. The third kappa shape index (κ3) is 3.65. The van der Waals surface area contributed by atoms with E-state index in [2.05, 4.69) is 19.2 Å². The molecule has 0 amide bonds. The van der Waals surface area contributed by atoms with Crippen molar-refractivity contribution < 1.29 is 9.15 Å². The molecule has 1 heterocycles. The van der Waals surface area contributed by atoms with Crippen LogP contribution in [0.3, 0.4) is 0 Å². The standard InChI is InChI=1S/C13H23NO2/c1-5-10(2)8-12(14-3)13-7-6-11(16-13)9-15-4/h6-7,10,12,14H,5,8-9H2,1-4H3. The number of furan rings is 1. The maximum Gasteiger partial charge on any atom is 0.129 e. The molecule has 1 N–H and O–H groups in total. The average Bonchev–Trinajstić information content (AvgIpc) is 2.74. The van der Waals surface area contributed by atoms with E-state index in [1.807, 2.05) is 19.2 Å². The van der Waals surface area contributed by atoms with Crippen molar-refractivity contribution in [1.82, 2.24) is 5.32 Å². The first-order chi connectivity index (χ1) is 7.71. The Bertz CT molecular complexity index is 296. The van der Waals surface area contributed by atoms with E-state index in [1.165, 1.54) is 6.42 Å². The molecule has 16 heavy (non-hydrogen) atoms. The molecule has 3 nitrogen and oxygen atoms in total. The summed E-state index contributed by atoms with van der Waals surface area (Å²) in [6, 6.07) is 4.33. The fraction of sp³-hybridized carbons (Fsp3) is 0.692. The molecule has 0 saturated carbocycles. The third-order valence-corrected chi connectivity index (χ3v) is 3.00. The predicted octanol–water partition coefficient (Wildman–Crippen LogP) is 3.12. The second kappa shape index (κ2) is 6.71. The zero-order valence-corrected chi connectivity index (χ0v) is 10.7. The lowest BCUT2D eigenvalue weighted by Gasteiger charge is -2.17. The molecule has 0 bridgehead atoms. The van der Waals surface area contributed by atoms with Crippen LogP contribution in [0, 0.1) is 5.92 Å².